The Kier molecular flexibility index (Phi) is 11.7. The number of aromatic hydroxyl groups is 1. The maximum absolute atomic E-state index is 13.9. The fraction of sp³-hybridized carbons (Fsp3) is 0.615. The zero-order valence-electron chi connectivity index (χ0n) is 22.5. The van der Waals surface area contributed by atoms with Crippen molar-refractivity contribution in [3.05, 3.63) is 29.8 Å². The number of carbonyl (C=O) groups excluding carboxylic acids is 4. The van der Waals surface area contributed by atoms with Crippen molar-refractivity contribution in [2.24, 2.45) is 5.73 Å². The molecule has 4 amide bonds. The monoisotopic (exact) mass is 506 g/mol. The Balaban J connectivity index is 3.56. The minimum absolute atomic E-state index is 0.159. The van der Waals surface area contributed by atoms with Gasteiger partial charge in [0.2, 0.25) is 17.7 Å². The summed E-state index contributed by atoms with van der Waals surface area (Å²) in [6.45, 7) is 12.4. The Morgan fingerprint density at radius 1 is 1.08 bits per heavy atom. The van der Waals surface area contributed by atoms with E-state index in [0.717, 1.165) is 12.8 Å². The van der Waals surface area contributed by atoms with Gasteiger partial charge in [0.15, 0.2) is 0 Å². The van der Waals surface area contributed by atoms with Crippen LogP contribution in [0.4, 0.5) is 4.79 Å². The highest BCUT2D eigenvalue weighted by Crippen LogP contribution is 2.32. The topological polar surface area (TPSA) is 151 Å². The van der Waals surface area contributed by atoms with Crippen LogP contribution in [0.25, 0.3) is 0 Å². The van der Waals surface area contributed by atoms with Crippen LogP contribution in [-0.4, -0.2) is 57.5 Å². The lowest BCUT2D eigenvalue weighted by Crippen LogP contribution is -2.56. The zero-order valence-corrected chi connectivity index (χ0v) is 22.5. The Morgan fingerprint density at radius 2 is 1.69 bits per heavy atom. The van der Waals surface area contributed by atoms with Gasteiger partial charge in [0.1, 0.15) is 23.4 Å². The molecule has 0 saturated carbocycles. The molecule has 0 aliphatic rings. The number of amides is 4. The van der Waals surface area contributed by atoms with Crippen LogP contribution in [0.1, 0.15) is 85.8 Å². The number of para-hydroxylation sites is 1. The van der Waals surface area contributed by atoms with E-state index in [0.29, 0.717) is 6.42 Å². The largest absolute Gasteiger partial charge is 0.508 e. The number of benzene rings is 1. The number of rotatable bonds is 12. The van der Waals surface area contributed by atoms with E-state index in [1.165, 1.54) is 11.0 Å². The minimum atomic E-state index is -1.37. The summed E-state index contributed by atoms with van der Waals surface area (Å²) in [5.74, 6) is -2.15. The molecule has 0 spiro atoms. The lowest BCUT2D eigenvalue weighted by atomic mass is 9.98. The molecular formula is C26H42N4O6. The second-order valence-corrected chi connectivity index (χ2v) is 10.0. The molecule has 1 aromatic rings. The van der Waals surface area contributed by atoms with Crippen LogP contribution < -0.4 is 16.4 Å². The number of alkyl carbamates (subject to hydrolysis) is 1. The normalized spacial score (nSPS) is 14.6. The highest BCUT2D eigenvalue weighted by atomic mass is 16.6. The number of phenols is 1. The molecule has 0 bridgehead atoms. The van der Waals surface area contributed by atoms with E-state index in [4.69, 9.17) is 10.5 Å². The number of phenolic OH excluding ortho intramolecular Hbond substituents is 1. The zero-order chi connectivity index (χ0) is 27.6. The van der Waals surface area contributed by atoms with Gasteiger partial charge in [-0.3, -0.25) is 14.4 Å². The molecule has 10 heteroatoms. The molecule has 4 unspecified atom stereocenters. The number of carbonyl (C=O) groups is 4. The first-order valence-corrected chi connectivity index (χ1v) is 12.4. The first-order valence-electron chi connectivity index (χ1n) is 12.4. The Morgan fingerprint density at radius 3 is 2.19 bits per heavy atom. The summed E-state index contributed by atoms with van der Waals surface area (Å²) in [7, 11) is 0. The van der Waals surface area contributed by atoms with Gasteiger partial charge in [-0.2, -0.15) is 0 Å². The van der Waals surface area contributed by atoms with Crippen molar-refractivity contribution in [2.75, 3.05) is 0 Å². The smallest absolute Gasteiger partial charge is 0.408 e. The van der Waals surface area contributed by atoms with Gasteiger partial charge in [-0.25, -0.2) is 4.79 Å². The van der Waals surface area contributed by atoms with Crippen LogP contribution in [0, 0.1) is 0 Å². The number of nitrogens with two attached hydrogens (primary N) is 1. The highest BCUT2D eigenvalue weighted by Gasteiger charge is 2.40. The van der Waals surface area contributed by atoms with Crippen LogP contribution in [-0.2, 0) is 19.1 Å². The summed E-state index contributed by atoms with van der Waals surface area (Å²) in [6.07, 6.45) is 0.639. The van der Waals surface area contributed by atoms with Crippen LogP contribution in [0.5, 0.6) is 5.75 Å². The summed E-state index contributed by atoms with van der Waals surface area (Å²) < 4.78 is 5.27. The van der Waals surface area contributed by atoms with E-state index in [1.807, 2.05) is 20.8 Å². The van der Waals surface area contributed by atoms with Gasteiger partial charge in [-0.05, 0) is 53.5 Å². The number of hydrogen-bond donors (Lipinski definition) is 4. The predicted octanol–water partition coefficient (Wildman–Crippen LogP) is 3.13. The first-order chi connectivity index (χ1) is 16.7. The lowest BCUT2D eigenvalue weighted by molar-refractivity contribution is -0.146. The third kappa shape index (κ3) is 9.39. The van der Waals surface area contributed by atoms with E-state index in [9.17, 15) is 24.3 Å². The lowest BCUT2D eigenvalue weighted by Gasteiger charge is -2.38. The van der Waals surface area contributed by atoms with E-state index >= 15 is 0 Å². The molecule has 0 heterocycles. The van der Waals surface area contributed by atoms with Crippen molar-refractivity contribution in [1.82, 2.24) is 15.5 Å². The van der Waals surface area contributed by atoms with E-state index in [-0.39, 0.29) is 17.4 Å². The SMILES string of the molecule is CCCC(C)NC(=O)C(c1ccccc1O)N(C(=O)C(CC(N)=O)NC(=O)OC(C)(C)C)C(C)CC. The summed E-state index contributed by atoms with van der Waals surface area (Å²) >= 11 is 0. The van der Waals surface area contributed by atoms with Crippen LogP contribution in [0.15, 0.2) is 24.3 Å². The van der Waals surface area contributed by atoms with Crippen LogP contribution >= 0.6 is 0 Å². The molecule has 0 aromatic heterocycles. The fourth-order valence-electron chi connectivity index (χ4n) is 3.79. The molecule has 1 rings (SSSR count). The van der Waals surface area contributed by atoms with Crippen LogP contribution in [0.3, 0.4) is 0 Å². The van der Waals surface area contributed by atoms with Crippen molar-refractivity contribution >= 4 is 23.8 Å². The molecule has 4 atom stereocenters. The third-order valence-corrected chi connectivity index (χ3v) is 5.58. The van der Waals surface area contributed by atoms with Crippen molar-refractivity contribution in [3.63, 3.8) is 0 Å². The molecule has 0 aliphatic carbocycles. The minimum Gasteiger partial charge on any atom is -0.508 e. The molecule has 0 radical (unpaired) electrons. The molecule has 1 aromatic carbocycles. The van der Waals surface area contributed by atoms with Gasteiger partial charge < -0.3 is 31.1 Å². The van der Waals surface area contributed by atoms with Crippen LogP contribution in [0.2, 0.25) is 0 Å². The summed E-state index contributed by atoms with van der Waals surface area (Å²) in [6, 6.07) is 3.01. The van der Waals surface area contributed by atoms with Crippen molar-refractivity contribution in [2.45, 2.75) is 104 Å². The van der Waals surface area contributed by atoms with Crippen molar-refractivity contribution in [1.29, 1.82) is 0 Å². The van der Waals surface area contributed by atoms with Gasteiger partial charge in [0.25, 0.3) is 0 Å². The summed E-state index contributed by atoms with van der Waals surface area (Å²) in [5.41, 5.74) is 4.78. The van der Waals surface area contributed by atoms with Gasteiger partial charge in [-0.15, -0.1) is 0 Å². The fourth-order valence-corrected chi connectivity index (χ4v) is 3.79. The maximum atomic E-state index is 13.9. The second-order valence-electron chi connectivity index (χ2n) is 10.0. The average Bonchev–Trinajstić information content (AvgIpc) is 2.75. The highest BCUT2D eigenvalue weighted by molar-refractivity contribution is 5.95. The average molecular weight is 507 g/mol. The molecule has 36 heavy (non-hydrogen) atoms. The summed E-state index contributed by atoms with van der Waals surface area (Å²) in [4.78, 5) is 53.1. The number of hydrogen-bond acceptors (Lipinski definition) is 6. The Hall–Kier alpha value is -3.30. The quantitative estimate of drug-likeness (QED) is 0.342. The maximum Gasteiger partial charge on any atom is 0.408 e. The number of ether oxygens (including phenoxy) is 1. The van der Waals surface area contributed by atoms with Crippen molar-refractivity contribution < 1.29 is 29.0 Å². The summed E-state index contributed by atoms with van der Waals surface area (Å²) in [5, 5.41) is 16.0. The number of nitrogens with zero attached hydrogens (tertiary/aromatic N) is 1. The molecule has 5 N–H and O–H groups in total. The first kappa shape index (κ1) is 30.7. The van der Waals surface area contributed by atoms with Gasteiger partial charge in [0.05, 0.1) is 6.42 Å². The molecule has 202 valence electrons. The van der Waals surface area contributed by atoms with Gasteiger partial charge in [0, 0.05) is 17.6 Å². The molecule has 0 saturated heterocycles. The third-order valence-electron chi connectivity index (χ3n) is 5.58. The predicted molar refractivity (Wildman–Crippen MR) is 137 cm³/mol. The van der Waals surface area contributed by atoms with E-state index in [2.05, 4.69) is 10.6 Å². The number of nitrogens with one attached hydrogen (secondary N) is 2. The van der Waals surface area contributed by atoms with E-state index in [1.54, 1.807) is 45.9 Å². The molecular weight excluding hydrogens is 464 g/mol. The number of primary amides is 1. The molecule has 0 aliphatic heterocycles. The molecule has 0 fully saturated rings. The molecule has 10 nitrogen and oxygen atoms in total. The second kappa shape index (κ2) is 13.7. The standard InChI is InChI=1S/C26H42N4O6/c1-8-12-16(3)28-23(33)22(18-13-10-11-14-20(18)31)30(17(4)9-2)24(34)19(15-21(27)32)29-25(35)36-26(5,6)7/h10-11,13-14,16-17,19,22,31H,8-9,12,15H2,1-7H3,(H2,27,32)(H,28,33)(H,29,35). The Labute approximate surface area is 213 Å². The Bertz CT molecular complexity index is 914. The van der Waals surface area contributed by atoms with E-state index < -0.39 is 54.0 Å². The van der Waals surface area contributed by atoms with Gasteiger partial charge >= 0.3 is 6.09 Å². The van der Waals surface area contributed by atoms with Crippen molar-refractivity contribution in [3.8, 4) is 5.75 Å². The van der Waals surface area contributed by atoms with Gasteiger partial charge in [-0.1, -0.05) is 38.5 Å².